The van der Waals surface area contributed by atoms with Crippen molar-refractivity contribution in [3.05, 3.63) is 0 Å². The second-order valence-corrected chi connectivity index (χ2v) is 3.76. The predicted octanol–water partition coefficient (Wildman–Crippen LogP) is 0.643. The van der Waals surface area contributed by atoms with Gasteiger partial charge in [-0.05, 0) is 18.9 Å². The quantitative estimate of drug-likeness (QED) is 0.676. The zero-order chi connectivity index (χ0) is 12.2. The minimum atomic E-state index is -4.20. The molecule has 3 N–H and O–H groups in total. The molecule has 1 amide bonds. The van der Waals surface area contributed by atoms with Crippen LogP contribution in [0.5, 0.6) is 0 Å². The van der Waals surface area contributed by atoms with Gasteiger partial charge in [-0.1, -0.05) is 0 Å². The van der Waals surface area contributed by atoms with Crippen LogP contribution in [0.1, 0.15) is 6.42 Å². The van der Waals surface area contributed by atoms with Gasteiger partial charge in [0.05, 0.1) is 6.54 Å². The van der Waals surface area contributed by atoms with Gasteiger partial charge < -0.3 is 10.4 Å². The Morgan fingerprint density at radius 1 is 1.50 bits per heavy atom. The third-order valence-corrected chi connectivity index (χ3v) is 2.30. The molecule has 0 aromatic carbocycles. The summed E-state index contributed by atoms with van der Waals surface area (Å²) < 4.78 is 35.4. The van der Waals surface area contributed by atoms with Crippen molar-refractivity contribution in [1.29, 1.82) is 0 Å². The highest BCUT2D eigenvalue weighted by molar-refractivity contribution is 5.63. The summed E-state index contributed by atoms with van der Waals surface area (Å²) in [4.78, 5) is 10.3. The first-order chi connectivity index (χ1) is 7.37. The van der Waals surface area contributed by atoms with E-state index in [0.29, 0.717) is 19.5 Å². The largest absolute Gasteiger partial charge is 0.464 e. The summed E-state index contributed by atoms with van der Waals surface area (Å²) in [6.07, 6.45) is -4.66. The molecule has 1 unspecified atom stereocenters. The van der Waals surface area contributed by atoms with E-state index in [1.807, 2.05) is 0 Å². The number of rotatable bonds is 4. The smallest absolute Gasteiger partial charge is 0.419 e. The van der Waals surface area contributed by atoms with Crippen LogP contribution in [0.3, 0.4) is 0 Å². The first-order valence-corrected chi connectivity index (χ1v) is 4.89. The van der Waals surface area contributed by atoms with Crippen LogP contribution < -0.4 is 10.7 Å². The maximum absolute atomic E-state index is 11.8. The van der Waals surface area contributed by atoms with Gasteiger partial charge in [-0.15, -0.1) is 0 Å². The molecule has 1 aliphatic heterocycles. The first-order valence-electron chi connectivity index (χ1n) is 4.89. The lowest BCUT2D eigenvalue weighted by Gasteiger charge is -2.15. The molecule has 94 valence electrons. The highest BCUT2D eigenvalue weighted by atomic mass is 19.4. The number of alkyl halides is 3. The number of carbonyl (C=O) groups is 1. The van der Waals surface area contributed by atoms with Crippen molar-refractivity contribution in [2.45, 2.75) is 12.6 Å². The van der Waals surface area contributed by atoms with Crippen molar-refractivity contribution in [3.8, 4) is 0 Å². The fourth-order valence-corrected chi connectivity index (χ4v) is 1.65. The number of hydrazine groups is 1. The summed E-state index contributed by atoms with van der Waals surface area (Å²) in [5.74, 6) is 0.0502. The number of hydrogen-bond acceptors (Lipinski definition) is 3. The van der Waals surface area contributed by atoms with Crippen LogP contribution in [0.15, 0.2) is 0 Å². The molecular weight excluding hydrogens is 227 g/mol. The minimum absolute atomic E-state index is 0.0502. The Kier molecular flexibility index (Phi) is 4.36. The van der Waals surface area contributed by atoms with Gasteiger partial charge in [0, 0.05) is 13.1 Å². The lowest BCUT2D eigenvalue weighted by molar-refractivity contribution is -0.125. The number of carboxylic acid groups (broad SMARTS) is 1. The lowest BCUT2D eigenvalue weighted by atomic mass is 10.1. The highest BCUT2D eigenvalue weighted by Crippen LogP contribution is 2.15. The molecule has 5 nitrogen and oxygen atoms in total. The van der Waals surface area contributed by atoms with Crippen molar-refractivity contribution < 1.29 is 23.1 Å². The van der Waals surface area contributed by atoms with E-state index in [0.717, 1.165) is 0 Å². The second kappa shape index (κ2) is 5.35. The fraction of sp³-hybridized carbons (Fsp3) is 0.875. The molecule has 8 heteroatoms. The van der Waals surface area contributed by atoms with Crippen LogP contribution in [0, 0.1) is 5.92 Å². The topological polar surface area (TPSA) is 64.6 Å². The van der Waals surface area contributed by atoms with Crippen molar-refractivity contribution >= 4 is 6.09 Å². The third-order valence-electron chi connectivity index (χ3n) is 2.30. The van der Waals surface area contributed by atoms with E-state index in [2.05, 4.69) is 10.7 Å². The standard InChI is InChI=1S/C8H14F3N3O2/c9-8(10,11)5-12-3-6-1-2-14(4-6)13-7(15)16/h6,12-13H,1-5H2,(H,15,16). The number of nitrogens with one attached hydrogen (secondary N) is 2. The number of hydrogen-bond donors (Lipinski definition) is 3. The minimum Gasteiger partial charge on any atom is -0.464 e. The molecule has 1 rings (SSSR count). The highest BCUT2D eigenvalue weighted by Gasteiger charge is 2.28. The van der Waals surface area contributed by atoms with Crippen LogP contribution in [-0.2, 0) is 0 Å². The van der Waals surface area contributed by atoms with Crippen molar-refractivity contribution in [1.82, 2.24) is 15.8 Å². The summed E-state index contributed by atoms with van der Waals surface area (Å²) in [6.45, 7) is 0.217. The third kappa shape index (κ3) is 5.17. The maximum Gasteiger partial charge on any atom is 0.419 e. The molecule has 16 heavy (non-hydrogen) atoms. The van der Waals surface area contributed by atoms with Crippen LogP contribution in [-0.4, -0.2) is 48.6 Å². The fourth-order valence-electron chi connectivity index (χ4n) is 1.65. The molecule has 0 radical (unpaired) electrons. The second-order valence-electron chi connectivity index (χ2n) is 3.76. The van der Waals surface area contributed by atoms with E-state index >= 15 is 0 Å². The van der Waals surface area contributed by atoms with E-state index in [9.17, 15) is 18.0 Å². The first kappa shape index (κ1) is 13.0. The molecule has 1 atom stereocenters. The molecule has 1 fully saturated rings. The molecule has 0 aromatic heterocycles. The number of halogens is 3. The summed E-state index contributed by atoms with van der Waals surface area (Å²) in [6, 6.07) is 0. The monoisotopic (exact) mass is 241 g/mol. The SMILES string of the molecule is O=C(O)NN1CCC(CNCC(F)(F)F)C1. The average Bonchev–Trinajstić information content (AvgIpc) is 2.49. The average molecular weight is 241 g/mol. The number of amides is 1. The summed E-state index contributed by atoms with van der Waals surface area (Å²) in [7, 11) is 0. The van der Waals surface area contributed by atoms with Crippen LogP contribution in [0.4, 0.5) is 18.0 Å². The summed E-state index contributed by atoms with van der Waals surface area (Å²) in [5, 5.41) is 12.2. The molecule has 0 spiro atoms. The number of nitrogens with zero attached hydrogens (tertiary/aromatic N) is 1. The Morgan fingerprint density at radius 3 is 2.75 bits per heavy atom. The normalized spacial score (nSPS) is 22.3. The van der Waals surface area contributed by atoms with Gasteiger partial charge in [-0.25, -0.2) is 9.80 Å². The van der Waals surface area contributed by atoms with Gasteiger partial charge in [0.1, 0.15) is 0 Å². The van der Waals surface area contributed by atoms with E-state index in [-0.39, 0.29) is 12.5 Å². The Labute approximate surface area is 90.6 Å². The Morgan fingerprint density at radius 2 is 2.19 bits per heavy atom. The Balaban J connectivity index is 2.14. The summed E-state index contributed by atoms with van der Waals surface area (Å²) >= 11 is 0. The van der Waals surface area contributed by atoms with E-state index in [1.165, 1.54) is 5.01 Å². The zero-order valence-corrected chi connectivity index (χ0v) is 8.55. The lowest BCUT2D eigenvalue weighted by Crippen LogP contribution is -2.40. The van der Waals surface area contributed by atoms with E-state index in [1.54, 1.807) is 0 Å². The van der Waals surface area contributed by atoms with E-state index in [4.69, 9.17) is 5.11 Å². The van der Waals surface area contributed by atoms with Gasteiger partial charge in [0.2, 0.25) is 0 Å². The molecule has 0 aromatic rings. The van der Waals surface area contributed by atoms with Crippen molar-refractivity contribution in [2.75, 3.05) is 26.2 Å². The predicted molar refractivity (Wildman–Crippen MR) is 49.8 cm³/mol. The summed E-state index contributed by atoms with van der Waals surface area (Å²) in [5.41, 5.74) is 2.18. The molecule has 1 heterocycles. The van der Waals surface area contributed by atoms with Crippen molar-refractivity contribution in [3.63, 3.8) is 0 Å². The Hall–Kier alpha value is -1.02. The zero-order valence-electron chi connectivity index (χ0n) is 8.55. The maximum atomic E-state index is 11.8. The van der Waals surface area contributed by atoms with Gasteiger partial charge in [-0.3, -0.25) is 5.43 Å². The van der Waals surface area contributed by atoms with Crippen LogP contribution in [0.2, 0.25) is 0 Å². The molecular formula is C8H14F3N3O2. The van der Waals surface area contributed by atoms with Crippen LogP contribution in [0.25, 0.3) is 0 Å². The molecule has 0 aliphatic carbocycles. The Bertz CT molecular complexity index is 247. The molecule has 0 saturated carbocycles. The molecule has 1 aliphatic rings. The van der Waals surface area contributed by atoms with Gasteiger partial charge in [0.15, 0.2) is 0 Å². The van der Waals surface area contributed by atoms with Crippen molar-refractivity contribution in [2.24, 2.45) is 5.92 Å². The van der Waals surface area contributed by atoms with E-state index < -0.39 is 18.8 Å². The molecule has 1 saturated heterocycles. The molecule has 0 bridgehead atoms. The van der Waals surface area contributed by atoms with Gasteiger partial charge in [-0.2, -0.15) is 13.2 Å². The van der Waals surface area contributed by atoms with Gasteiger partial charge in [0.25, 0.3) is 0 Å². The van der Waals surface area contributed by atoms with Gasteiger partial charge >= 0.3 is 12.3 Å². The van der Waals surface area contributed by atoms with Crippen LogP contribution >= 0.6 is 0 Å².